The van der Waals surface area contributed by atoms with Gasteiger partial charge in [-0.1, -0.05) is 6.07 Å². The summed E-state index contributed by atoms with van der Waals surface area (Å²) in [6.07, 6.45) is 0. The van der Waals surface area contributed by atoms with Crippen molar-refractivity contribution < 1.29 is 28.7 Å². The van der Waals surface area contributed by atoms with Crippen LogP contribution < -0.4 is 10.6 Å². The molecule has 24 heavy (non-hydrogen) atoms. The van der Waals surface area contributed by atoms with Crippen LogP contribution in [0.4, 0.5) is 11.4 Å². The van der Waals surface area contributed by atoms with E-state index in [9.17, 15) is 19.2 Å². The number of hydrogen-bond donors (Lipinski definition) is 2. The van der Waals surface area contributed by atoms with Crippen LogP contribution in [0, 0.1) is 11.3 Å². The molecule has 0 aliphatic heterocycles. The quantitative estimate of drug-likeness (QED) is 0.726. The second-order valence-electron chi connectivity index (χ2n) is 4.50. The van der Waals surface area contributed by atoms with Crippen LogP contribution in [0.3, 0.4) is 0 Å². The van der Waals surface area contributed by atoms with E-state index in [1.807, 2.05) is 6.07 Å². The first-order chi connectivity index (χ1) is 11.3. The molecular formula is C15H15N3O6. The van der Waals surface area contributed by atoms with Crippen LogP contribution in [0.2, 0.25) is 0 Å². The van der Waals surface area contributed by atoms with Crippen molar-refractivity contribution in [3.05, 3.63) is 23.8 Å². The smallest absolute Gasteiger partial charge is 0.303 e. The number of rotatable bonds is 6. The summed E-state index contributed by atoms with van der Waals surface area (Å²) in [5.74, 6) is -2.57. The molecule has 0 atom stereocenters. The average molecular weight is 333 g/mol. The lowest BCUT2D eigenvalue weighted by atomic mass is 10.1. The molecule has 9 heteroatoms. The molecule has 2 amide bonds. The molecule has 0 bridgehead atoms. The Morgan fingerprint density at radius 2 is 1.54 bits per heavy atom. The Morgan fingerprint density at radius 1 is 1.00 bits per heavy atom. The van der Waals surface area contributed by atoms with Gasteiger partial charge in [0.05, 0.1) is 16.9 Å². The van der Waals surface area contributed by atoms with Crippen LogP contribution in [0.25, 0.3) is 0 Å². The number of hydrogen-bond acceptors (Lipinski definition) is 7. The fraction of sp³-hybridized carbons (Fsp3) is 0.267. The molecule has 0 heterocycles. The third-order valence-corrected chi connectivity index (χ3v) is 2.54. The van der Waals surface area contributed by atoms with Gasteiger partial charge in [0.15, 0.2) is 13.2 Å². The zero-order chi connectivity index (χ0) is 18.1. The lowest BCUT2D eigenvalue weighted by Crippen LogP contribution is -2.23. The van der Waals surface area contributed by atoms with Gasteiger partial charge in [-0.2, -0.15) is 5.26 Å². The second-order valence-corrected chi connectivity index (χ2v) is 4.50. The molecule has 0 aromatic heterocycles. The average Bonchev–Trinajstić information content (AvgIpc) is 2.52. The van der Waals surface area contributed by atoms with E-state index in [4.69, 9.17) is 5.26 Å². The first-order valence-electron chi connectivity index (χ1n) is 6.73. The fourth-order valence-corrected chi connectivity index (χ4v) is 1.58. The Balaban J connectivity index is 2.91. The molecule has 2 N–H and O–H groups in total. The van der Waals surface area contributed by atoms with Gasteiger partial charge < -0.3 is 20.1 Å². The van der Waals surface area contributed by atoms with Crippen LogP contribution in [-0.2, 0) is 28.7 Å². The van der Waals surface area contributed by atoms with Gasteiger partial charge in [0, 0.05) is 13.8 Å². The molecule has 1 aromatic carbocycles. The van der Waals surface area contributed by atoms with E-state index >= 15 is 0 Å². The molecular weight excluding hydrogens is 318 g/mol. The number of benzene rings is 1. The predicted molar refractivity (Wildman–Crippen MR) is 81.7 cm³/mol. The normalized spacial score (nSPS) is 9.38. The minimum absolute atomic E-state index is 0.0494. The highest BCUT2D eigenvalue weighted by molar-refractivity contribution is 6.02. The molecule has 9 nitrogen and oxygen atoms in total. The van der Waals surface area contributed by atoms with E-state index in [2.05, 4.69) is 20.1 Å². The summed E-state index contributed by atoms with van der Waals surface area (Å²) in [5.41, 5.74) is 0.284. The molecule has 0 unspecified atom stereocenters. The van der Waals surface area contributed by atoms with Crippen molar-refractivity contribution in [1.82, 2.24) is 0 Å². The van der Waals surface area contributed by atoms with Gasteiger partial charge >= 0.3 is 11.9 Å². The van der Waals surface area contributed by atoms with Crippen molar-refractivity contribution in [2.75, 3.05) is 23.8 Å². The Hall–Kier alpha value is -3.41. The van der Waals surface area contributed by atoms with Crippen LogP contribution in [0.1, 0.15) is 19.4 Å². The summed E-state index contributed by atoms with van der Waals surface area (Å²) in [5, 5.41) is 13.9. The topological polar surface area (TPSA) is 135 Å². The van der Waals surface area contributed by atoms with E-state index in [1.54, 1.807) is 0 Å². The van der Waals surface area contributed by atoms with Gasteiger partial charge in [-0.05, 0) is 12.1 Å². The van der Waals surface area contributed by atoms with Crippen LogP contribution in [0.5, 0.6) is 0 Å². The van der Waals surface area contributed by atoms with Crippen molar-refractivity contribution in [3.8, 4) is 6.07 Å². The SMILES string of the molecule is CC(=O)OCC(=O)Nc1cccc(C#N)c1NC(=O)COC(C)=O. The second kappa shape index (κ2) is 8.89. The van der Waals surface area contributed by atoms with Crippen LogP contribution in [-0.4, -0.2) is 37.0 Å². The Labute approximate surface area is 137 Å². The van der Waals surface area contributed by atoms with Crippen molar-refractivity contribution in [3.63, 3.8) is 0 Å². The molecule has 0 saturated heterocycles. The number of anilines is 2. The van der Waals surface area contributed by atoms with E-state index < -0.39 is 37.0 Å². The van der Waals surface area contributed by atoms with Gasteiger partial charge in [0.1, 0.15) is 6.07 Å². The fourth-order valence-electron chi connectivity index (χ4n) is 1.58. The highest BCUT2D eigenvalue weighted by Gasteiger charge is 2.15. The summed E-state index contributed by atoms with van der Waals surface area (Å²) >= 11 is 0. The highest BCUT2D eigenvalue weighted by Crippen LogP contribution is 2.25. The monoisotopic (exact) mass is 333 g/mol. The molecule has 0 spiro atoms. The molecule has 0 aliphatic carbocycles. The van der Waals surface area contributed by atoms with Gasteiger partial charge in [0.25, 0.3) is 11.8 Å². The highest BCUT2D eigenvalue weighted by atomic mass is 16.5. The molecule has 0 aliphatic rings. The maximum atomic E-state index is 11.8. The first kappa shape index (κ1) is 18.6. The minimum atomic E-state index is -0.677. The predicted octanol–water partition coefficient (Wildman–Crippen LogP) is 0.561. The Bertz CT molecular complexity index is 708. The number of nitriles is 1. The van der Waals surface area contributed by atoms with E-state index in [0.29, 0.717) is 0 Å². The summed E-state index contributed by atoms with van der Waals surface area (Å²) in [6.45, 7) is 1.27. The lowest BCUT2D eigenvalue weighted by Gasteiger charge is -2.13. The molecule has 1 aromatic rings. The number of carbonyl (C=O) groups is 4. The maximum absolute atomic E-state index is 11.8. The number of para-hydroxylation sites is 1. The summed E-state index contributed by atoms with van der Waals surface area (Å²) in [4.78, 5) is 44.9. The van der Waals surface area contributed by atoms with E-state index in [-0.39, 0.29) is 16.9 Å². The largest absolute Gasteiger partial charge is 0.456 e. The van der Waals surface area contributed by atoms with Crippen molar-refractivity contribution in [1.29, 1.82) is 5.26 Å². The van der Waals surface area contributed by atoms with Gasteiger partial charge in [-0.15, -0.1) is 0 Å². The minimum Gasteiger partial charge on any atom is -0.456 e. The summed E-state index contributed by atoms with van der Waals surface area (Å²) < 4.78 is 9.11. The number of carbonyl (C=O) groups excluding carboxylic acids is 4. The Morgan fingerprint density at radius 3 is 2.04 bits per heavy atom. The molecule has 0 radical (unpaired) electrons. The van der Waals surface area contributed by atoms with E-state index in [0.717, 1.165) is 13.8 Å². The zero-order valence-electron chi connectivity index (χ0n) is 13.0. The van der Waals surface area contributed by atoms with Crippen molar-refractivity contribution >= 4 is 35.1 Å². The number of nitrogens with one attached hydrogen (secondary N) is 2. The van der Waals surface area contributed by atoms with Gasteiger partial charge in [-0.25, -0.2) is 0 Å². The zero-order valence-corrected chi connectivity index (χ0v) is 13.0. The van der Waals surface area contributed by atoms with Crippen molar-refractivity contribution in [2.24, 2.45) is 0 Å². The lowest BCUT2D eigenvalue weighted by molar-refractivity contribution is -0.145. The summed E-state index contributed by atoms with van der Waals surface area (Å²) in [7, 11) is 0. The molecule has 1 rings (SSSR count). The molecule has 126 valence electrons. The van der Waals surface area contributed by atoms with Crippen LogP contribution in [0.15, 0.2) is 18.2 Å². The number of amides is 2. The van der Waals surface area contributed by atoms with Gasteiger partial charge in [0.2, 0.25) is 0 Å². The number of nitrogens with zero attached hydrogens (tertiary/aromatic N) is 1. The molecule has 0 fully saturated rings. The Kier molecular flexibility index (Phi) is 6.91. The number of ether oxygens (including phenoxy) is 2. The van der Waals surface area contributed by atoms with Gasteiger partial charge in [-0.3, -0.25) is 19.2 Å². The molecule has 0 saturated carbocycles. The third kappa shape index (κ3) is 6.15. The first-order valence-corrected chi connectivity index (χ1v) is 6.73. The third-order valence-electron chi connectivity index (χ3n) is 2.54. The van der Waals surface area contributed by atoms with Crippen molar-refractivity contribution in [2.45, 2.75) is 13.8 Å². The number of esters is 2. The summed E-state index contributed by atoms with van der Waals surface area (Å²) in [6, 6.07) is 6.26. The maximum Gasteiger partial charge on any atom is 0.303 e. The van der Waals surface area contributed by atoms with E-state index in [1.165, 1.54) is 18.2 Å². The van der Waals surface area contributed by atoms with Crippen LogP contribution >= 0.6 is 0 Å². The standard InChI is InChI=1S/C15H15N3O6/c1-9(19)23-7-13(21)17-12-5-3-4-11(6-16)15(12)18-14(22)8-24-10(2)20/h3-5H,7-8H2,1-2H3,(H,17,21)(H,18,22).